The van der Waals surface area contributed by atoms with E-state index in [1.807, 2.05) is 35.2 Å². The highest BCUT2D eigenvalue weighted by Crippen LogP contribution is 2.31. The Balaban J connectivity index is 1.38. The van der Waals surface area contributed by atoms with Gasteiger partial charge in [-0.2, -0.15) is 0 Å². The quantitative estimate of drug-likeness (QED) is 0.683. The van der Waals surface area contributed by atoms with Gasteiger partial charge in [-0.3, -0.25) is 4.79 Å². The molecule has 0 aromatic heterocycles. The number of para-hydroxylation sites is 1. The molecule has 0 bridgehead atoms. The summed E-state index contributed by atoms with van der Waals surface area (Å²) in [6.07, 6.45) is 2.08. The lowest BCUT2D eigenvalue weighted by molar-refractivity contribution is -0.130. The average molecular weight is 393 g/mol. The summed E-state index contributed by atoms with van der Waals surface area (Å²) in [5, 5.41) is 4.36. The van der Waals surface area contributed by atoms with Crippen LogP contribution < -0.4 is 10.1 Å². The topological polar surface area (TPSA) is 41.6 Å². The molecule has 4 nitrogen and oxygen atoms in total. The van der Waals surface area contributed by atoms with Crippen molar-refractivity contribution < 1.29 is 9.53 Å². The molecule has 1 saturated heterocycles. The number of hydrogen-bond donors (Lipinski definition) is 1. The Hall–Kier alpha value is -1.91. The van der Waals surface area contributed by atoms with E-state index in [1.165, 1.54) is 0 Å². The number of carbonyl (C=O) groups is 1. The lowest BCUT2D eigenvalue weighted by Crippen LogP contribution is -2.31. The zero-order valence-electron chi connectivity index (χ0n) is 14.5. The zero-order chi connectivity index (χ0) is 18.4. The van der Waals surface area contributed by atoms with Gasteiger partial charge in [0, 0.05) is 31.2 Å². The molecule has 1 heterocycles. The number of halogens is 2. The van der Waals surface area contributed by atoms with Gasteiger partial charge in [0.25, 0.3) is 0 Å². The molecule has 2 aromatic carbocycles. The highest BCUT2D eigenvalue weighted by molar-refractivity contribution is 6.42. The number of benzene rings is 2. The predicted molar refractivity (Wildman–Crippen MR) is 106 cm³/mol. The van der Waals surface area contributed by atoms with Gasteiger partial charge in [0.1, 0.15) is 10.8 Å². The van der Waals surface area contributed by atoms with Crippen molar-refractivity contribution in [1.82, 2.24) is 4.90 Å². The van der Waals surface area contributed by atoms with E-state index in [0.29, 0.717) is 41.3 Å². The first kappa shape index (κ1) is 18.9. The first-order chi connectivity index (χ1) is 12.6. The summed E-state index contributed by atoms with van der Waals surface area (Å²) in [6, 6.07) is 15.7. The maximum atomic E-state index is 12.4. The van der Waals surface area contributed by atoms with E-state index in [-0.39, 0.29) is 5.91 Å². The van der Waals surface area contributed by atoms with Gasteiger partial charge in [0.05, 0.1) is 11.6 Å². The lowest BCUT2D eigenvalue weighted by atomic mass is 10.2. The van der Waals surface area contributed by atoms with Crippen molar-refractivity contribution >= 4 is 34.8 Å². The Kier molecular flexibility index (Phi) is 6.64. The molecule has 0 radical (unpaired) electrons. The average Bonchev–Trinajstić information content (AvgIpc) is 3.11. The van der Waals surface area contributed by atoms with E-state index in [1.54, 1.807) is 18.2 Å². The maximum absolute atomic E-state index is 12.4. The summed E-state index contributed by atoms with van der Waals surface area (Å²) < 4.78 is 5.63. The van der Waals surface area contributed by atoms with Crippen molar-refractivity contribution in [2.45, 2.75) is 25.3 Å². The summed E-state index contributed by atoms with van der Waals surface area (Å²) in [4.78, 5) is 14.3. The fourth-order valence-electron chi connectivity index (χ4n) is 3.03. The van der Waals surface area contributed by atoms with E-state index < -0.39 is 0 Å². The van der Waals surface area contributed by atoms with Gasteiger partial charge in [-0.1, -0.05) is 47.5 Å². The first-order valence-electron chi connectivity index (χ1n) is 8.79. The largest absolute Gasteiger partial charge is 0.492 e. The van der Waals surface area contributed by atoms with Gasteiger partial charge in [-0.25, -0.2) is 0 Å². The van der Waals surface area contributed by atoms with Crippen LogP contribution in [0.15, 0.2) is 48.5 Å². The zero-order valence-corrected chi connectivity index (χ0v) is 16.0. The third-order valence-electron chi connectivity index (χ3n) is 4.39. The predicted octanol–water partition coefficient (Wildman–Crippen LogP) is 4.87. The monoisotopic (exact) mass is 392 g/mol. The van der Waals surface area contributed by atoms with Crippen LogP contribution in [-0.2, 0) is 4.79 Å². The molecule has 1 fully saturated rings. The van der Waals surface area contributed by atoms with Crippen LogP contribution >= 0.6 is 23.2 Å². The SMILES string of the molecule is O=C(CCCOc1cccc(Cl)c1Cl)N1CCC(Nc2ccccc2)C1. The second kappa shape index (κ2) is 9.15. The molecule has 2 aromatic rings. The molecule has 0 spiro atoms. The van der Waals surface area contributed by atoms with Crippen molar-refractivity contribution in [2.75, 3.05) is 25.0 Å². The number of ether oxygens (including phenoxy) is 1. The summed E-state index contributed by atoms with van der Waals surface area (Å²) in [7, 11) is 0. The van der Waals surface area contributed by atoms with Crippen LogP contribution in [0.5, 0.6) is 5.75 Å². The minimum absolute atomic E-state index is 0.170. The van der Waals surface area contributed by atoms with Crippen molar-refractivity contribution in [3.63, 3.8) is 0 Å². The van der Waals surface area contributed by atoms with Crippen LogP contribution in [0, 0.1) is 0 Å². The molecule has 1 aliphatic heterocycles. The molecule has 1 N–H and O–H groups in total. The Morgan fingerprint density at radius 1 is 1.15 bits per heavy atom. The second-order valence-corrected chi connectivity index (χ2v) is 7.12. The van der Waals surface area contributed by atoms with E-state index in [4.69, 9.17) is 27.9 Å². The second-order valence-electron chi connectivity index (χ2n) is 6.34. The minimum atomic E-state index is 0.170. The number of rotatable bonds is 7. The van der Waals surface area contributed by atoms with Crippen LogP contribution in [0.25, 0.3) is 0 Å². The molecule has 26 heavy (non-hydrogen) atoms. The van der Waals surface area contributed by atoms with E-state index in [0.717, 1.165) is 25.2 Å². The molecule has 1 aliphatic rings. The fraction of sp³-hybridized carbons (Fsp3) is 0.350. The Labute approximate surface area is 164 Å². The lowest BCUT2D eigenvalue weighted by Gasteiger charge is -2.18. The third kappa shape index (κ3) is 5.05. The van der Waals surface area contributed by atoms with Gasteiger partial charge >= 0.3 is 0 Å². The normalized spacial score (nSPS) is 16.5. The summed E-state index contributed by atoms with van der Waals surface area (Å²) in [6.45, 7) is 1.98. The number of anilines is 1. The minimum Gasteiger partial charge on any atom is -0.492 e. The molecular formula is C20H22Cl2N2O2. The third-order valence-corrected chi connectivity index (χ3v) is 5.20. The number of carbonyl (C=O) groups excluding carboxylic acids is 1. The van der Waals surface area contributed by atoms with Crippen LogP contribution in [0.3, 0.4) is 0 Å². The van der Waals surface area contributed by atoms with Crippen LogP contribution in [0.2, 0.25) is 10.0 Å². The summed E-state index contributed by atoms with van der Waals surface area (Å²) in [5.74, 6) is 0.725. The fourth-order valence-corrected chi connectivity index (χ4v) is 3.38. The van der Waals surface area contributed by atoms with Crippen molar-refractivity contribution in [3.05, 3.63) is 58.6 Å². The molecule has 138 valence electrons. The Morgan fingerprint density at radius 2 is 1.96 bits per heavy atom. The molecule has 0 aliphatic carbocycles. The van der Waals surface area contributed by atoms with E-state index in [9.17, 15) is 4.79 Å². The van der Waals surface area contributed by atoms with Crippen molar-refractivity contribution in [3.8, 4) is 5.75 Å². The first-order valence-corrected chi connectivity index (χ1v) is 9.55. The van der Waals surface area contributed by atoms with Crippen LogP contribution in [0.4, 0.5) is 5.69 Å². The van der Waals surface area contributed by atoms with E-state index in [2.05, 4.69) is 5.32 Å². The number of nitrogens with zero attached hydrogens (tertiary/aromatic N) is 1. The van der Waals surface area contributed by atoms with Gasteiger partial charge in [-0.15, -0.1) is 0 Å². The van der Waals surface area contributed by atoms with Crippen molar-refractivity contribution in [2.24, 2.45) is 0 Å². The number of hydrogen-bond acceptors (Lipinski definition) is 3. The summed E-state index contributed by atoms with van der Waals surface area (Å²) >= 11 is 12.0. The van der Waals surface area contributed by atoms with Crippen LogP contribution in [-0.4, -0.2) is 36.5 Å². The van der Waals surface area contributed by atoms with Gasteiger partial charge < -0.3 is 15.0 Å². The Morgan fingerprint density at radius 3 is 2.77 bits per heavy atom. The molecule has 6 heteroatoms. The van der Waals surface area contributed by atoms with E-state index >= 15 is 0 Å². The molecular weight excluding hydrogens is 371 g/mol. The van der Waals surface area contributed by atoms with Crippen molar-refractivity contribution in [1.29, 1.82) is 0 Å². The number of likely N-dealkylation sites (tertiary alicyclic amines) is 1. The smallest absolute Gasteiger partial charge is 0.222 e. The maximum Gasteiger partial charge on any atom is 0.222 e. The van der Waals surface area contributed by atoms with Crippen LogP contribution in [0.1, 0.15) is 19.3 Å². The number of amides is 1. The van der Waals surface area contributed by atoms with Gasteiger partial charge in [0.15, 0.2) is 0 Å². The standard InChI is InChI=1S/C20H22Cl2N2O2/c21-17-8-4-9-18(20(17)22)26-13-5-10-19(25)24-12-11-16(14-24)23-15-6-2-1-3-7-15/h1-4,6-9,16,23H,5,10-14H2. The Bertz CT molecular complexity index is 740. The molecule has 0 saturated carbocycles. The molecule has 1 atom stereocenters. The number of nitrogens with one attached hydrogen (secondary N) is 1. The molecule has 3 rings (SSSR count). The molecule has 1 unspecified atom stereocenters. The summed E-state index contributed by atoms with van der Waals surface area (Å²) in [5.41, 5.74) is 1.10. The molecule has 1 amide bonds. The highest BCUT2D eigenvalue weighted by Gasteiger charge is 2.25. The van der Waals surface area contributed by atoms with Gasteiger partial charge in [-0.05, 0) is 37.1 Å². The highest BCUT2D eigenvalue weighted by atomic mass is 35.5. The van der Waals surface area contributed by atoms with Gasteiger partial charge in [0.2, 0.25) is 5.91 Å².